The van der Waals surface area contributed by atoms with E-state index in [-0.39, 0.29) is 0 Å². The lowest BCUT2D eigenvalue weighted by atomic mass is 9.78. The van der Waals surface area contributed by atoms with Crippen LogP contribution in [0.4, 0.5) is 0 Å². The quantitative estimate of drug-likeness (QED) is 0.568. The van der Waals surface area contributed by atoms with Gasteiger partial charge in [-0.05, 0) is 31.1 Å². The number of nitrogens with two attached hydrogens (primary N) is 1. The van der Waals surface area contributed by atoms with E-state index in [1.165, 1.54) is 44.9 Å². The molecule has 2 bridgehead atoms. The van der Waals surface area contributed by atoms with E-state index < -0.39 is 0 Å². The summed E-state index contributed by atoms with van der Waals surface area (Å²) in [5.41, 5.74) is 5.99. The average molecular weight is 153 g/mol. The van der Waals surface area contributed by atoms with Gasteiger partial charge in [0.2, 0.25) is 0 Å². The molecule has 3 atom stereocenters. The van der Waals surface area contributed by atoms with Gasteiger partial charge >= 0.3 is 0 Å². The third-order valence-electron chi connectivity index (χ3n) is 3.41. The fraction of sp³-hybridized carbons (Fsp3) is 1.00. The molecule has 0 aromatic heterocycles. The van der Waals surface area contributed by atoms with Gasteiger partial charge in [0.05, 0.1) is 0 Å². The van der Waals surface area contributed by atoms with Crippen LogP contribution in [0.1, 0.15) is 44.9 Å². The van der Waals surface area contributed by atoms with Gasteiger partial charge in [-0.15, -0.1) is 0 Å². The molecule has 0 aromatic rings. The second kappa shape index (κ2) is 3.14. The Morgan fingerprint density at radius 1 is 0.818 bits per heavy atom. The van der Waals surface area contributed by atoms with Crippen LogP contribution in [0.5, 0.6) is 0 Å². The topological polar surface area (TPSA) is 26.0 Å². The van der Waals surface area contributed by atoms with Crippen LogP contribution >= 0.6 is 0 Å². The van der Waals surface area contributed by atoms with Gasteiger partial charge in [0.25, 0.3) is 0 Å². The van der Waals surface area contributed by atoms with Gasteiger partial charge in [0.15, 0.2) is 0 Å². The van der Waals surface area contributed by atoms with E-state index in [1.54, 1.807) is 0 Å². The van der Waals surface area contributed by atoms with E-state index in [0.29, 0.717) is 6.04 Å². The Bertz CT molecular complexity index is 119. The van der Waals surface area contributed by atoms with Crippen LogP contribution in [0.25, 0.3) is 0 Å². The second-order valence-electron chi connectivity index (χ2n) is 4.48. The molecule has 2 fully saturated rings. The van der Waals surface area contributed by atoms with Crippen molar-refractivity contribution in [1.82, 2.24) is 0 Å². The summed E-state index contributed by atoms with van der Waals surface area (Å²) in [6.45, 7) is 0. The summed E-state index contributed by atoms with van der Waals surface area (Å²) in [6, 6.07) is 0.539. The van der Waals surface area contributed by atoms with Gasteiger partial charge in [-0.3, -0.25) is 0 Å². The normalized spacial score (nSPS) is 45.0. The highest BCUT2D eigenvalue weighted by Crippen LogP contribution is 2.37. The van der Waals surface area contributed by atoms with Crippen LogP contribution in [-0.4, -0.2) is 6.04 Å². The molecule has 0 spiro atoms. The zero-order valence-electron chi connectivity index (χ0n) is 7.26. The molecule has 64 valence electrons. The Labute approximate surface area is 69.4 Å². The number of rotatable bonds is 0. The van der Waals surface area contributed by atoms with Crippen LogP contribution in [0.2, 0.25) is 0 Å². The second-order valence-corrected chi connectivity index (χ2v) is 4.48. The van der Waals surface area contributed by atoms with Crippen molar-refractivity contribution in [3.63, 3.8) is 0 Å². The van der Waals surface area contributed by atoms with E-state index in [9.17, 15) is 0 Å². The predicted octanol–water partition coefficient (Wildman–Crippen LogP) is 2.30. The van der Waals surface area contributed by atoms with E-state index in [0.717, 1.165) is 11.8 Å². The molecule has 1 heteroatoms. The van der Waals surface area contributed by atoms with Gasteiger partial charge in [0.1, 0.15) is 0 Å². The van der Waals surface area contributed by atoms with Crippen molar-refractivity contribution in [2.24, 2.45) is 17.6 Å². The van der Waals surface area contributed by atoms with Crippen molar-refractivity contribution in [3.05, 3.63) is 0 Å². The Kier molecular flexibility index (Phi) is 2.17. The molecule has 2 saturated carbocycles. The SMILES string of the molecule is N[C@H]1C[C@H]2CCCC[C@@H](C1)C2. The first-order valence-electron chi connectivity index (χ1n) is 5.10. The van der Waals surface area contributed by atoms with E-state index >= 15 is 0 Å². The minimum Gasteiger partial charge on any atom is -0.328 e. The number of hydrogen-bond donors (Lipinski definition) is 1. The predicted molar refractivity (Wildman–Crippen MR) is 47.3 cm³/mol. The number of fused-ring (bicyclic) bond motifs is 2. The first-order chi connectivity index (χ1) is 5.34. The van der Waals surface area contributed by atoms with Gasteiger partial charge in [0, 0.05) is 6.04 Å². The fourth-order valence-corrected chi connectivity index (χ4v) is 2.95. The van der Waals surface area contributed by atoms with Crippen molar-refractivity contribution in [2.45, 2.75) is 51.0 Å². The molecule has 2 N–H and O–H groups in total. The molecule has 0 aromatic carbocycles. The molecular weight excluding hydrogens is 134 g/mol. The monoisotopic (exact) mass is 153 g/mol. The first kappa shape index (κ1) is 7.60. The zero-order chi connectivity index (χ0) is 7.68. The molecule has 1 nitrogen and oxygen atoms in total. The first-order valence-corrected chi connectivity index (χ1v) is 5.10. The smallest absolute Gasteiger partial charge is 0.00441 e. The number of hydrogen-bond acceptors (Lipinski definition) is 1. The summed E-state index contributed by atoms with van der Waals surface area (Å²) in [4.78, 5) is 0. The minimum absolute atomic E-state index is 0.539. The minimum atomic E-state index is 0.539. The molecule has 0 heterocycles. The van der Waals surface area contributed by atoms with Gasteiger partial charge in [-0.2, -0.15) is 0 Å². The summed E-state index contributed by atoms with van der Waals surface area (Å²) in [7, 11) is 0. The molecule has 0 amide bonds. The summed E-state index contributed by atoms with van der Waals surface area (Å²) >= 11 is 0. The summed E-state index contributed by atoms with van der Waals surface area (Å²) in [5.74, 6) is 1.98. The van der Waals surface area contributed by atoms with Crippen molar-refractivity contribution >= 4 is 0 Å². The Hall–Kier alpha value is -0.0400. The van der Waals surface area contributed by atoms with Crippen molar-refractivity contribution < 1.29 is 0 Å². The summed E-state index contributed by atoms with van der Waals surface area (Å²) in [6.07, 6.45) is 9.98. The maximum absolute atomic E-state index is 5.99. The third kappa shape index (κ3) is 1.76. The van der Waals surface area contributed by atoms with E-state index in [2.05, 4.69) is 0 Å². The third-order valence-corrected chi connectivity index (χ3v) is 3.41. The average Bonchev–Trinajstić information content (AvgIpc) is 2.11. The molecular formula is C10H19N. The van der Waals surface area contributed by atoms with E-state index in [1.807, 2.05) is 0 Å². The molecule has 0 unspecified atom stereocenters. The van der Waals surface area contributed by atoms with Crippen molar-refractivity contribution in [2.75, 3.05) is 0 Å². The maximum Gasteiger partial charge on any atom is 0.00441 e. The molecule has 2 aliphatic rings. The highest BCUT2D eigenvalue weighted by atomic mass is 14.6. The van der Waals surface area contributed by atoms with Crippen LogP contribution in [-0.2, 0) is 0 Å². The van der Waals surface area contributed by atoms with Crippen LogP contribution in [0.15, 0.2) is 0 Å². The van der Waals surface area contributed by atoms with Crippen molar-refractivity contribution in [3.8, 4) is 0 Å². The Balaban J connectivity index is 1.99. The largest absolute Gasteiger partial charge is 0.328 e. The van der Waals surface area contributed by atoms with Gasteiger partial charge in [-0.25, -0.2) is 0 Å². The molecule has 2 rings (SSSR count). The Morgan fingerprint density at radius 2 is 1.36 bits per heavy atom. The summed E-state index contributed by atoms with van der Waals surface area (Å²) in [5, 5.41) is 0. The highest BCUT2D eigenvalue weighted by molar-refractivity contribution is 4.83. The van der Waals surface area contributed by atoms with Crippen LogP contribution < -0.4 is 5.73 Å². The lowest BCUT2D eigenvalue weighted by Crippen LogP contribution is -2.31. The standard InChI is InChI=1S/C10H19N/c11-10-6-8-3-1-2-4-9(5-8)7-10/h8-10H,1-7,11H2/t8-,9+,10-. The maximum atomic E-state index is 5.99. The Morgan fingerprint density at radius 3 is 1.91 bits per heavy atom. The fourth-order valence-electron chi connectivity index (χ4n) is 2.95. The summed E-state index contributed by atoms with van der Waals surface area (Å²) < 4.78 is 0. The molecule has 0 radical (unpaired) electrons. The van der Waals surface area contributed by atoms with Crippen LogP contribution in [0, 0.1) is 11.8 Å². The molecule has 2 aliphatic carbocycles. The van der Waals surface area contributed by atoms with Crippen molar-refractivity contribution in [1.29, 1.82) is 0 Å². The van der Waals surface area contributed by atoms with Crippen LogP contribution in [0.3, 0.4) is 0 Å². The van der Waals surface area contributed by atoms with Gasteiger partial charge in [-0.1, -0.05) is 25.7 Å². The lowest BCUT2D eigenvalue weighted by molar-refractivity contribution is 0.243. The van der Waals surface area contributed by atoms with Gasteiger partial charge < -0.3 is 5.73 Å². The van der Waals surface area contributed by atoms with E-state index in [4.69, 9.17) is 5.73 Å². The lowest BCUT2D eigenvalue weighted by Gasteiger charge is -2.30. The molecule has 0 aliphatic heterocycles. The molecule has 11 heavy (non-hydrogen) atoms. The highest BCUT2D eigenvalue weighted by Gasteiger charge is 2.28. The molecule has 0 saturated heterocycles. The zero-order valence-corrected chi connectivity index (χ0v) is 7.26.